The monoisotopic (exact) mass is 213 g/mol. The second-order valence-corrected chi connectivity index (χ2v) is 3.53. The van der Waals surface area contributed by atoms with Crippen LogP contribution in [0.4, 0.5) is 5.69 Å². The maximum absolute atomic E-state index is 10.4. The summed E-state index contributed by atoms with van der Waals surface area (Å²) in [6.45, 7) is 1.80. The van der Waals surface area contributed by atoms with Gasteiger partial charge in [0.25, 0.3) is 0 Å². The van der Waals surface area contributed by atoms with Crippen LogP contribution in [0, 0.1) is 0 Å². The number of aliphatic carboxylic acids is 1. The first-order chi connectivity index (χ1) is 6.59. The number of anilines is 1. The number of rotatable bonds is 4. The van der Waals surface area contributed by atoms with E-state index in [2.05, 4.69) is 5.32 Å². The Morgan fingerprint density at radius 2 is 2.21 bits per heavy atom. The Kier molecular flexibility index (Phi) is 3.77. The molecule has 0 fully saturated rings. The van der Waals surface area contributed by atoms with E-state index < -0.39 is 5.97 Å². The molecule has 0 amide bonds. The summed E-state index contributed by atoms with van der Waals surface area (Å²) in [5, 5.41) is 12.2. The molecule has 4 heteroatoms. The molecular weight excluding hydrogens is 202 g/mol. The number of nitrogens with one attached hydrogen (secondary N) is 1. The van der Waals surface area contributed by atoms with Crippen LogP contribution in [0.1, 0.15) is 13.3 Å². The Balaban J connectivity index is 2.60. The predicted molar refractivity (Wildman–Crippen MR) is 56.8 cm³/mol. The van der Waals surface area contributed by atoms with Gasteiger partial charge in [-0.3, -0.25) is 4.79 Å². The SMILES string of the molecule is C[C@@H](CC(=O)O)Nc1ccccc1Cl. The van der Waals surface area contributed by atoms with Crippen LogP contribution in [0.25, 0.3) is 0 Å². The van der Waals surface area contributed by atoms with Gasteiger partial charge in [0.1, 0.15) is 0 Å². The Morgan fingerprint density at radius 1 is 1.57 bits per heavy atom. The van der Waals surface area contributed by atoms with Crippen molar-refractivity contribution in [3.05, 3.63) is 29.3 Å². The van der Waals surface area contributed by atoms with Crippen molar-refractivity contribution in [2.75, 3.05) is 5.32 Å². The van der Waals surface area contributed by atoms with Crippen molar-refractivity contribution in [2.45, 2.75) is 19.4 Å². The lowest BCUT2D eigenvalue weighted by atomic mass is 10.2. The Hall–Kier alpha value is -1.22. The highest BCUT2D eigenvalue weighted by Gasteiger charge is 2.08. The molecule has 0 saturated heterocycles. The zero-order valence-electron chi connectivity index (χ0n) is 7.83. The molecule has 0 aliphatic carbocycles. The zero-order chi connectivity index (χ0) is 10.6. The van der Waals surface area contributed by atoms with E-state index in [0.29, 0.717) is 5.02 Å². The van der Waals surface area contributed by atoms with E-state index >= 15 is 0 Å². The molecular formula is C10H12ClNO2. The maximum Gasteiger partial charge on any atom is 0.305 e. The van der Waals surface area contributed by atoms with Gasteiger partial charge >= 0.3 is 5.97 Å². The molecule has 1 aromatic rings. The van der Waals surface area contributed by atoms with E-state index in [1.807, 2.05) is 18.2 Å². The van der Waals surface area contributed by atoms with Crippen LogP contribution in [0.2, 0.25) is 5.02 Å². The Morgan fingerprint density at radius 3 is 2.79 bits per heavy atom. The first-order valence-corrected chi connectivity index (χ1v) is 4.70. The highest BCUT2D eigenvalue weighted by molar-refractivity contribution is 6.33. The molecule has 0 saturated carbocycles. The van der Waals surface area contributed by atoms with Gasteiger partial charge < -0.3 is 10.4 Å². The molecule has 0 spiro atoms. The lowest BCUT2D eigenvalue weighted by Crippen LogP contribution is -2.19. The molecule has 3 nitrogen and oxygen atoms in total. The van der Waals surface area contributed by atoms with Crippen molar-refractivity contribution in [1.29, 1.82) is 0 Å². The number of carboxylic acids is 1. The van der Waals surface area contributed by atoms with Gasteiger partial charge in [0.05, 0.1) is 17.1 Å². The van der Waals surface area contributed by atoms with Gasteiger partial charge in [0.2, 0.25) is 0 Å². The molecule has 0 unspecified atom stereocenters. The van der Waals surface area contributed by atoms with Crippen molar-refractivity contribution in [2.24, 2.45) is 0 Å². The molecule has 0 aliphatic rings. The van der Waals surface area contributed by atoms with Crippen molar-refractivity contribution in [1.82, 2.24) is 0 Å². The largest absolute Gasteiger partial charge is 0.481 e. The lowest BCUT2D eigenvalue weighted by molar-refractivity contribution is -0.137. The summed E-state index contributed by atoms with van der Waals surface area (Å²) in [5.74, 6) is -0.822. The summed E-state index contributed by atoms with van der Waals surface area (Å²) in [6.07, 6.45) is 0.0746. The summed E-state index contributed by atoms with van der Waals surface area (Å²) in [7, 11) is 0. The molecule has 0 heterocycles. The average Bonchev–Trinajstić information content (AvgIpc) is 2.07. The van der Waals surface area contributed by atoms with Crippen LogP contribution in [0.15, 0.2) is 24.3 Å². The third-order valence-electron chi connectivity index (χ3n) is 1.76. The third-order valence-corrected chi connectivity index (χ3v) is 2.09. The second-order valence-electron chi connectivity index (χ2n) is 3.12. The van der Waals surface area contributed by atoms with Crippen LogP contribution < -0.4 is 5.32 Å². The summed E-state index contributed by atoms with van der Waals surface area (Å²) in [4.78, 5) is 10.4. The van der Waals surface area contributed by atoms with Crippen LogP contribution >= 0.6 is 11.6 Å². The average molecular weight is 214 g/mol. The predicted octanol–water partition coefficient (Wildman–Crippen LogP) is 2.62. The molecule has 0 aromatic heterocycles. The first kappa shape index (κ1) is 10.9. The van der Waals surface area contributed by atoms with Gasteiger partial charge in [-0.05, 0) is 19.1 Å². The highest BCUT2D eigenvalue weighted by atomic mass is 35.5. The summed E-state index contributed by atoms with van der Waals surface area (Å²) >= 11 is 5.89. The quantitative estimate of drug-likeness (QED) is 0.809. The van der Waals surface area contributed by atoms with Crippen molar-refractivity contribution in [3.63, 3.8) is 0 Å². The van der Waals surface area contributed by atoms with Gasteiger partial charge in [0, 0.05) is 6.04 Å². The van der Waals surface area contributed by atoms with Gasteiger partial charge in [0.15, 0.2) is 0 Å². The number of carboxylic acid groups (broad SMARTS) is 1. The molecule has 14 heavy (non-hydrogen) atoms. The summed E-state index contributed by atoms with van der Waals surface area (Å²) < 4.78 is 0. The van der Waals surface area contributed by atoms with Crippen LogP contribution in [0.3, 0.4) is 0 Å². The van der Waals surface area contributed by atoms with E-state index in [0.717, 1.165) is 5.69 Å². The third kappa shape index (κ3) is 3.26. The van der Waals surface area contributed by atoms with Gasteiger partial charge in [-0.15, -0.1) is 0 Å². The Bertz CT molecular complexity index is 328. The van der Waals surface area contributed by atoms with E-state index in [1.54, 1.807) is 13.0 Å². The molecule has 1 atom stereocenters. The van der Waals surface area contributed by atoms with E-state index in [-0.39, 0.29) is 12.5 Å². The molecule has 0 radical (unpaired) electrons. The van der Waals surface area contributed by atoms with E-state index in [1.165, 1.54) is 0 Å². The molecule has 1 rings (SSSR count). The molecule has 0 aliphatic heterocycles. The first-order valence-electron chi connectivity index (χ1n) is 4.32. The number of carbonyl (C=O) groups is 1. The summed E-state index contributed by atoms with van der Waals surface area (Å²) in [6, 6.07) is 7.13. The number of benzene rings is 1. The van der Waals surface area contributed by atoms with E-state index in [9.17, 15) is 4.79 Å². The smallest absolute Gasteiger partial charge is 0.305 e. The van der Waals surface area contributed by atoms with Gasteiger partial charge in [-0.1, -0.05) is 23.7 Å². The molecule has 2 N–H and O–H groups in total. The number of hydrogen-bond donors (Lipinski definition) is 2. The van der Waals surface area contributed by atoms with Crippen LogP contribution in [-0.4, -0.2) is 17.1 Å². The topological polar surface area (TPSA) is 49.3 Å². The Labute approximate surface area is 87.7 Å². The van der Waals surface area contributed by atoms with Gasteiger partial charge in [-0.2, -0.15) is 0 Å². The lowest BCUT2D eigenvalue weighted by Gasteiger charge is -2.13. The fourth-order valence-corrected chi connectivity index (χ4v) is 1.35. The van der Waals surface area contributed by atoms with Crippen molar-refractivity contribution >= 4 is 23.3 Å². The fraction of sp³-hybridized carbons (Fsp3) is 0.300. The van der Waals surface area contributed by atoms with Crippen LogP contribution in [0.5, 0.6) is 0 Å². The zero-order valence-corrected chi connectivity index (χ0v) is 8.58. The molecule has 76 valence electrons. The molecule has 1 aromatic carbocycles. The minimum atomic E-state index is -0.822. The minimum absolute atomic E-state index is 0.0746. The maximum atomic E-state index is 10.4. The van der Waals surface area contributed by atoms with Crippen LogP contribution in [-0.2, 0) is 4.79 Å². The van der Waals surface area contributed by atoms with Crippen molar-refractivity contribution < 1.29 is 9.90 Å². The normalized spacial score (nSPS) is 12.1. The highest BCUT2D eigenvalue weighted by Crippen LogP contribution is 2.21. The number of halogens is 1. The summed E-state index contributed by atoms with van der Waals surface area (Å²) in [5.41, 5.74) is 0.767. The standard InChI is InChI=1S/C10H12ClNO2/c1-7(6-10(13)14)12-9-5-3-2-4-8(9)11/h2-5,7,12H,6H2,1H3,(H,13,14)/t7-/m0/s1. The van der Waals surface area contributed by atoms with Crippen molar-refractivity contribution in [3.8, 4) is 0 Å². The fourth-order valence-electron chi connectivity index (χ4n) is 1.16. The minimum Gasteiger partial charge on any atom is -0.481 e. The number of para-hydroxylation sites is 1. The molecule has 0 bridgehead atoms. The van der Waals surface area contributed by atoms with E-state index in [4.69, 9.17) is 16.7 Å². The second kappa shape index (κ2) is 4.86. The van der Waals surface area contributed by atoms with Gasteiger partial charge in [-0.25, -0.2) is 0 Å². The number of hydrogen-bond acceptors (Lipinski definition) is 2.